The van der Waals surface area contributed by atoms with Crippen LogP contribution >= 0.6 is 0 Å². The molecule has 0 saturated carbocycles. The Labute approximate surface area is 102 Å². The Balaban J connectivity index is 1.99. The summed E-state index contributed by atoms with van der Waals surface area (Å²) in [6.07, 6.45) is 2.67. The third-order valence-electron chi connectivity index (χ3n) is 3.39. The number of hydrogen-bond donors (Lipinski definition) is 2. The van der Waals surface area contributed by atoms with Gasteiger partial charge in [-0.05, 0) is 25.8 Å². The van der Waals surface area contributed by atoms with Gasteiger partial charge in [0.05, 0.1) is 11.8 Å². The molecule has 0 aliphatic carbocycles. The number of piperidine rings is 1. The topological polar surface area (TPSA) is 59.0 Å². The first-order valence-corrected chi connectivity index (χ1v) is 6.08. The van der Waals surface area contributed by atoms with E-state index in [1.807, 2.05) is 14.0 Å². The standard InChI is InChI=1S/C12H20N4O/c1-8-4-10(6-13-5-8)15-12(17)11-7-14-16(3)9(11)2/h7-8,10,13H,4-6H2,1-3H3,(H,15,17). The number of carbonyl (C=O) groups excluding carboxylic acids is 1. The molecule has 94 valence electrons. The first kappa shape index (κ1) is 12.1. The molecule has 2 heterocycles. The van der Waals surface area contributed by atoms with Crippen molar-refractivity contribution in [3.05, 3.63) is 17.5 Å². The van der Waals surface area contributed by atoms with E-state index < -0.39 is 0 Å². The van der Waals surface area contributed by atoms with Crippen LogP contribution in [-0.4, -0.2) is 34.8 Å². The van der Waals surface area contributed by atoms with Crippen LogP contribution in [0.2, 0.25) is 0 Å². The van der Waals surface area contributed by atoms with Gasteiger partial charge >= 0.3 is 0 Å². The van der Waals surface area contributed by atoms with E-state index in [1.165, 1.54) is 0 Å². The van der Waals surface area contributed by atoms with Crippen molar-refractivity contribution in [3.63, 3.8) is 0 Å². The highest BCUT2D eigenvalue weighted by Crippen LogP contribution is 2.11. The van der Waals surface area contributed by atoms with Gasteiger partial charge in [-0.1, -0.05) is 6.92 Å². The third kappa shape index (κ3) is 2.66. The summed E-state index contributed by atoms with van der Waals surface area (Å²) in [4.78, 5) is 12.1. The second-order valence-corrected chi connectivity index (χ2v) is 4.94. The van der Waals surface area contributed by atoms with Crippen molar-refractivity contribution in [1.82, 2.24) is 20.4 Å². The van der Waals surface area contributed by atoms with Gasteiger partial charge in [0.1, 0.15) is 0 Å². The zero-order valence-electron chi connectivity index (χ0n) is 10.7. The van der Waals surface area contributed by atoms with Gasteiger partial charge in [0.25, 0.3) is 5.91 Å². The Bertz CT molecular complexity index is 413. The molecule has 1 aromatic rings. The summed E-state index contributed by atoms with van der Waals surface area (Å²) in [6.45, 7) is 6.00. The summed E-state index contributed by atoms with van der Waals surface area (Å²) in [5.41, 5.74) is 1.57. The summed E-state index contributed by atoms with van der Waals surface area (Å²) in [5, 5.41) is 10.5. The fraction of sp³-hybridized carbons (Fsp3) is 0.667. The molecule has 1 amide bonds. The van der Waals surface area contributed by atoms with Crippen LogP contribution in [-0.2, 0) is 7.05 Å². The monoisotopic (exact) mass is 236 g/mol. The number of hydrogen-bond acceptors (Lipinski definition) is 3. The number of aryl methyl sites for hydroxylation is 1. The van der Waals surface area contributed by atoms with E-state index in [1.54, 1.807) is 10.9 Å². The number of amides is 1. The fourth-order valence-electron chi connectivity index (χ4n) is 2.25. The average molecular weight is 236 g/mol. The van der Waals surface area contributed by atoms with Crippen molar-refractivity contribution in [2.24, 2.45) is 13.0 Å². The zero-order chi connectivity index (χ0) is 12.4. The van der Waals surface area contributed by atoms with Crippen LogP contribution in [0.1, 0.15) is 29.4 Å². The van der Waals surface area contributed by atoms with E-state index >= 15 is 0 Å². The maximum atomic E-state index is 12.1. The molecular weight excluding hydrogens is 216 g/mol. The lowest BCUT2D eigenvalue weighted by Gasteiger charge is -2.28. The van der Waals surface area contributed by atoms with Crippen LogP contribution in [0.15, 0.2) is 6.20 Å². The largest absolute Gasteiger partial charge is 0.348 e. The summed E-state index contributed by atoms with van der Waals surface area (Å²) in [7, 11) is 1.84. The van der Waals surface area contributed by atoms with Crippen LogP contribution in [0, 0.1) is 12.8 Å². The van der Waals surface area contributed by atoms with Gasteiger partial charge in [0.15, 0.2) is 0 Å². The van der Waals surface area contributed by atoms with E-state index in [2.05, 4.69) is 22.7 Å². The normalized spacial score (nSPS) is 24.6. The molecule has 1 aliphatic heterocycles. The lowest BCUT2D eigenvalue weighted by atomic mass is 9.97. The van der Waals surface area contributed by atoms with Crippen LogP contribution < -0.4 is 10.6 Å². The minimum Gasteiger partial charge on any atom is -0.348 e. The molecule has 17 heavy (non-hydrogen) atoms. The van der Waals surface area contributed by atoms with Gasteiger partial charge in [0.2, 0.25) is 0 Å². The number of rotatable bonds is 2. The molecule has 1 aromatic heterocycles. The minimum atomic E-state index is -0.0171. The Morgan fingerprint density at radius 1 is 1.59 bits per heavy atom. The highest BCUT2D eigenvalue weighted by atomic mass is 16.1. The van der Waals surface area contributed by atoms with Crippen molar-refractivity contribution in [3.8, 4) is 0 Å². The van der Waals surface area contributed by atoms with Crippen molar-refractivity contribution in [1.29, 1.82) is 0 Å². The SMILES string of the molecule is Cc1c(C(=O)NC2CNCC(C)C2)cnn1C. The molecule has 2 N–H and O–H groups in total. The van der Waals surface area contributed by atoms with Crippen LogP contribution in [0.4, 0.5) is 0 Å². The Morgan fingerprint density at radius 2 is 2.35 bits per heavy atom. The average Bonchev–Trinajstić information content (AvgIpc) is 2.60. The zero-order valence-corrected chi connectivity index (χ0v) is 10.7. The first-order chi connectivity index (χ1) is 8.08. The summed E-state index contributed by atoms with van der Waals surface area (Å²) < 4.78 is 1.72. The molecule has 2 rings (SSSR count). The van der Waals surface area contributed by atoms with E-state index in [4.69, 9.17) is 0 Å². The Hall–Kier alpha value is -1.36. The van der Waals surface area contributed by atoms with Gasteiger partial charge in [0, 0.05) is 25.3 Å². The molecule has 2 atom stereocenters. The van der Waals surface area contributed by atoms with Crippen LogP contribution in [0.5, 0.6) is 0 Å². The summed E-state index contributed by atoms with van der Waals surface area (Å²) in [6, 6.07) is 0.228. The van der Waals surface area contributed by atoms with E-state index in [0.29, 0.717) is 11.5 Å². The molecule has 1 fully saturated rings. The predicted octanol–water partition coefficient (Wildman–Crippen LogP) is 0.456. The molecule has 0 bridgehead atoms. The number of nitrogens with one attached hydrogen (secondary N) is 2. The molecule has 0 radical (unpaired) electrons. The quantitative estimate of drug-likeness (QED) is 0.784. The first-order valence-electron chi connectivity index (χ1n) is 6.08. The van der Waals surface area contributed by atoms with Crippen molar-refractivity contribution in [2.45, 2.75) is 26.3 Å². The molecule has 0 aromatic carbocycles. The van der Waals surface area contributed by atoms with Gasteiger partial charge in [-0.25, -0.2) is 0 Å². The van der Waals surface area contributed by atoms with Crippen molar-refractivity contribution in [2.75, 3.05) is 13.1 Å². The molecule has 5 nitrogen and oxygen atoms in total. The highest BCUT2D eigenvalue weighted by Gasteiger charge is 2.22. The molecule has 5 heteroatoms. The second kappa shape index (κ2) is 4.87. The molecule has 1 aliphatic rings. The van der Waals surface area contributed by atoms with E-state index in [0.717, 1.165) is 25.2 Å². The number of carbonyl (C=O) groups is 1. The number of nitrogens with zero attached hydrogens (tertiary/aromatic N) is 2. The fourth-order valence-corrected chi connectivity index (χ4v) is 2.25. The van der Waals surface area contributed by atoms with Gasteiger partial charge < -0.3 is 10.6 Å². The maximum Gasteiger partial charge on any atom is 0.255 e. The van der Waals surface area contributed by atoms with Gasteiger partial charge in [-0.2, -0.15) is 5.10 Å². The molecule has 1 saturated heterocycles. The minimum absolute atomic E-state index is 0.0171. The molecule has 0 spiro atoms. The highest BCUT2D eigenvalue weighted by molar-refractivity contribution is 5.95. The second-order valence-electron chi connectivity index (χ2n) is 4.94. The number of aromatic nitrogens is 2. The summed E-state index contributed by atoms with van der Waals surface area (Å²) >= 11 is 0. The molecular formula is C12H20N4O. The van der Waals surface area contributed by atoms with Crippen molar-refractivity contribution >= 4 is 5.91 Å². The smallest absolute Gasteiger partial charge is 0.255 e. The van der Waals surface area contributed by atoms with Gasteiger partial charge in [-0.15, -0.1) is 0 Å². The van der Waals surface area contributed by atoms with Crippen molar-refractivity contribution < 1.29 is 4.79 Å². The lowest BCUT2D eigenvalue weighted by molar-refractivity contribution is 0.0924. The summed E-state index contributed by atoms with van der Waals surface area (Å²) in [5.74, 6) is 0.598. The predicted molar refractivity (Wildman–Crippen MR) is 65.8 cm³/mol. The van der Waals surface area contributed by atoms with E-state index in [-0.39, 0.29) is 11.9 Å². The van der Waals surface area contributed by atoms with Crippen LogP contribution in [0.25, 0.3) is 0 Å². The Morgan fingerprint density at radius 3 is 2.94 bits per heavy atom. The lowest BCUT2D eigenvalue weighted by Crippen LogP contribution is -2.48. The van der Waals surface area contributed by atoms with Gasteiger partial charge in [-0.3, -0.25) is 9.48 Å². The molecule has 2 unspecified atom stereocenters. The maximum absolute atomic E-state index is 12.1. The Kier molecular flexibility index (Phi) is 3.47. The van der Waals surface area contributed by atoms with E-state index in [9.17, 15) is 4.79 Å². The third-order valence-corrected chi connectivity index (χ3v) is 3.39. The van der Waals surface area contributed by atoms with Crippen LogP contribution in [0.3, 0.4) is 0 Å².